The van der Waals surface area contributed by atoms with Crippen LogP contribution in [0.4, 0.5) is 0 Å². The van der Waals surface area contributed by atoms with Gasteiger partial charge < -0.3 is 10.2 Å². The summed E-state index contributed by atoms with van der Waals surface area (Å²) in [6.45, 7) is 1.95. The molecule has 0 amide bonds. The summed E-state index contributed by atoms with van der Waals surface area (Å²) >= 11 is 4.12. The Morgan fingerprint density at radius 3 is 2.62 bits per heavy atom. The maximum Gasteiger partial charge on any atom is 0.134 e. The minimum absolute atomic E-state index is 0.0886. The van der Waals surface area contributed by atoms with Gasteiger partial charge in [0.25, 0.3) is 0 Å². The summed E-state index contributed by atoms with van der Waals surface area (Å²) < 4.78 is 0. The monoisotopic (exact) mass is 198 g/mol. The fourth-order valence-corrected chi connectivity index (χ4v) is 1.61. The molecule has 0 saturated heterocycles. The maximum absolute atomic E-state index is 9.45. The molecule has 0 aliphatic heterocycles. The van der Waals surface area contributed by atoms with E-state index in [9.17, 15) is 5.11 Å². The van der Waals surface area contributed by atoms with Crippen LogP contribution in [0, 0.1) is 0 Å². The third kappa shape index (κ3) is 2.39. The number of aryl methyl sites for hydroxylation is 1. The number of benzene rings is 1. The standard InChI is InChI=1S/C10H14O2S/c1-2-3-7-4-8(6-11)10(12)9(13)5-7/h4-5,11-13H,2-3,6H2,1H3. The van der Waals surface area contributed by atoms with Gasteiger partial charge >= 0.3 is 0 Å². The first-order chi connectivity index (χ1) is 6.19. The lowest BCUT2D eigenvalue weighted by Crippen LogP contribution is -1.90. The summed E-state index contributed by atoms with van der Waals surface area (Å²) in [6.07, 6.45) is 1.99. The smallest absolute Gasteiger partial charge is 0.134 e. The third-order valence-electron chi connectivity index (χ3n) is 1.94. The molecule has 0 aliphatic rings. The largest absolute Gasteiger partial charge is 0.506 e. The van der Waals surface area contributed by atoms with Gasteiger partial charge in [-0.05, 0) is 24.1 Å². The quantitative estimate of drug-likeness (QED) is 0.651. The lowest BCUT2D eigenvalue weighted by atomic mass is 10.1. The second-order valence-electron chi connectivity index (χ2n) is 3.03. The number of aromatic hydroxyl groups is 1. The van der Waals surface area contributed by atoms with Crippen molar-refractivity contribution in [1.82, 2.24) is 0 Å². The van der Waals surface area contributed by atoms with Gasteiger partial charge in [0, 0.05) is 10.5 Å². The van der Waals surface area contributed by atoms with E-state index in [0.717, 1.165) is 18.4 Å². The Morgan fingerprint density at radius 1 is 1.38 bits per heavy atom. The van der Waals surface area contributed by atoms with Gasteiger partial charge in [0.15, 0.2) is 0 Å². The van der Waals surface area contributed by atoms with Gasteiger partial charge in [-0.3, -0.25) is 0 Å². The summed E-state index contributed by atoms with van der Waals surface area (Å²) in [6, 6.07) is 3.65. The van der Waals surface area contributed by atoms with Crippen molar-refractivity contribution >= 4 is 12.6 Å². The van der Waals surface area contributed by atoms with Crippen molar-refractivity contribution in [3.63, 3.8) is 0 Å². The van der Waals surface area contributed by atoms with Crippen LogP contribution in [0.1, 0.15) is 24.5 Å². The lowest BCUT2D eigenvalue weighted by Gasteiger charge is -2.07. The van der Waals surface area contributed by atoms with Crippen molar-refractivity contribution in [3.8, 4) is 5.75 Å². The number of aliphatic hydroxyl groups excluding tert-OH is 1. The zero-order chi connectivity index (χ0) is 9.84. The van der Waals surface area contributed by atoms with Crippen molar-refractivity contribution < 1.29 is 10.2 Å². The van der Waals surface area contributed by atoms with Crippen LogP contribution in [0.2, 0.25) is 0 Å². The number of thiol groups is 1. The van der Waals surface area contributed by atoms with Gasteiger partial charge in [0.2, 0.25) is 0 Å². The molecular formula is C10H14O2S. The Kier molecular flexibility index (Phi) is 3.63. The van der Waals surface area contributed by atoms with E-state index in [1.165, 1.54) is 0 Å². The van der Waals surface area contributed by atoms with E-state index < -0.39 is 0 Å². The Morgan fingerprint density at radius 2 is 2.08 bits per heavy atom. The summed E-state index contributed by atoms with van der Waals surface area (Å²) in [4.78, 5) is 0.537. The number of hydrogen-bond donors (Lipinski definition) is 3. The second-order valence-corrected chi connectivity index (χ2v) is 3.51. The topological polar surface area (TPSA) is 40.5 Å². The van der Waals surface area contributed by atoms with Crippen molar-refractivity contribution in [2.75, 3.05) is 0 Å². The van der Waals surface area contributed by atoms with Crippen LogP contribution in [0.15, 0.2) is 17.0 Å². The van der Waals surface area contributed by atoms with Crippen molar-refractivity contribution in [2.45, 2.75) is 31.3 Å². The number of rotatable bonds is 3. The van der Waals surface area contributed by atoms with E-state index in [-0.39, 0.29) is 12.4 Å². The van der Waals surface area contributed by atoms with E-state index in [2.05, 4.69) is 19.6 Å². The molecule has 1 rings (SSSR count). The van der Waals surface area contributed by atoms with E-state index in [1.54, 1.807) is 0 Å². The SMILES string of the molecule is CCCc1cc(S)c(O)c(CO)c1. The van der Waals surface area contributed by atoms with Crippen molar-refractivity contribution in [1.29, 1.82) is 0 Å². The van der Waals surface area contributed by atoms with Crippen LogP contribution in [-0.4, -0.2) is 10.2 Å². The van der Waals surface area contributed by atoms with Gasteiger partial charge in [0.05, 0.1) is 6.61 Å². The van der Waals surface area contributed by atoms with E-state index in [1.807, 2.05) is 12.1 Å². The average molecular weight is 198 g/mol. The molecule has 0 aromatic heterocycles. The van der Waals surface area contributed by atoms with Gasteiger partial charge in [-0.1, -0.05) is 13.3 Å². The zero-order valence-electron chi connectivity index (χ0n) is 7.62. The van der Waals surface area contributed by atoms with E-state index in [4.69, 9.17) is 5.11 Å². The first kappa shape index (κ1) is 10.4. The summed E-state index contributed by atoms with van der Waals surface area (Å²) in [5, 5.41) is 18.4. The van der Waals surface area contributed by atoms with E-state index in [0.29, 0.717) is 10.5 Å². The molecule has 1 aromatic carbocycles. The third-order valence-corrected chi connectivity index (χ3v) is 2.28. The molecule has 0 atom stereocenters. The lowest BCUT2D eigenvalue weighted by molar-refractivity contribution is 0.274. The molecular weight excluding hydrogens is 184 g/mol. The number of aliphatic hydroxyl groups is 1. The molecule has 0 heterocycles. The van der Waals surface area contributed by atoms with Gasteiger partial charge in [0.1, 0.15) is 5.75 Å². The first-order valence-corrected chi connectivity index (χ1v) is 4.78. The molecule has 3 heteroatoms. The summed E-state index contributed by atoms with van der Waals surface area (Å²) in [7, 11) is 0. The predicted octanol–water partition coefficient (Wildman–Crippen LogP) is 2.13. The molecule has 1 aromatic rings. The number of hydrogen-bond acceptors (Lipinski definition) is 3. The molecule has 0 spiro atoms. The minimum atomic E-state index is -0.142. The molecule has 0 bridgehead atoms. The zero-order valence-corrected chi connectivity index (χ0v) is 8.51. The van der Waals surface area contributed by atoms with Gasteiger partial charge in [-0.2, -0.15) is 0 Å². The number of phenols is 1. The van der Waals surface area contributed by atoms with Crippen LogP contribution in [-0.2, 0) is 13.0 Å². The average Bonchev–Trinajstić information content (AvgIpc) is 2.11. The van der Waals surface area contributed by atoms with Crippen molar-refractivity contribution in [3.05, 3.63) is 23.3 Å². The summed E-state index contributed by atoms with van der Waals surface area (Å²) in [5.74, 6) is 0.0886. The minimum Gasteiger partial charge on any atom is -0.506 e. The Labute approximate surface area is 83.6 Å². The van der Waals surface area contributed by atoms with Crippen LogP contribution in [0.5, 0.6) is 5.75 Å². The Hall–Kier alpha value is -0.670. The maximum atomic E-state index is 9.45. The first-order valence-electron chi connectivity index (χ1n) is 4.33. The highest BCUT2D eigenvalue weighted by Gasteiger charge is 2.05. The molecule has 0 radical (unpaired) electrons. The molecule has 0 fully saturated rings. The highest BCUT2D eigenvalue weighted by Crippen LogP contribution is 2.28. The molecule has 0 aliphatic carbocycles. The fraction of sp³-hybridized carbons (Fsp3) is 0.400. The van der Waals surface area contributed by atoms with E-state index >= 15 is 0 Å². The molecule has 13 heavy (non-hydrogen) atoms. The van der Waals surface area contributed by atoms with Gasteiger partial charge in [-0.25, -0.2) is 0 Å². The highest BCUT2D eigenvalue weighted by atomic mass is 32.1. The molecule has 2 N–H and O–H groups in total. The Bertz CT molecular complexity index is 297. The van der Waals surface area contributed by atoms with Crippen LogP contribution in [0.25, 0.3) is 0 Å². The van der Waals surface area contributed by atoms with Crippen LogP contribution >= 0.6 is 12.6 Å². The molecule has 0 saturated carbocycles. The van der Waals surface area contributed by atoms with Crippen LogP contribution in [0.3, 0.4) is 0 Å². The predicted molar refractivity (Wildman–Crippen MR) is 55.3 cm³/mol. The van der Waals surface area contributed by atoms with Crippen molar-refractivity contribution in [2.24, 2.45) is 0 Å². The molecule has 0 unspecified atom stereocenters. The summed E-state index contributed by atoms with van der Waals surface area (Å²) in [5.41, 5.74) is 1.66. The highest BCUT2D eigenvalue weighted by molar-refractivity contribution is 7.80. The fourth-order valence-electron chi connectivity index (χ4n) is 1.30. The second kappa shape index (κ2) is 4.53. The Balaban J connectivity index is 3.06. The molecule has 2 nitrogen and oxygen atoms in total. The normalized spacial score (nSPS) is 10.4. The molecule has 72 valence electrons. The van der Waals surface area contributed by atoms with Gasteiger partial charge in [-0.15, -0.1) is 12.6 Å². The van der Waals surface area contributed by atoms with Crippen LogP contribution < -0.4 is 0 Å².